The number of hydrogen-bond acceptors (Lipinski definition) is 5. The summed E-state index contributed by atoms with van der Waals surface area (Å²) in [7, 11) is 0.523. The molecule has 0 spiro atoms. The minimum atomic E-state index is -1.08. The third-order valence-electron chi connectivity index (χ3n) is 3.68. The van der Waals surface area contributed by atoms with Crippen LogP contribution in [0.3, 0.4) is 0 Å². The fraction of sp³-hybridized carbons (Fsp3) is 0.412. The van der Waals surface area contributed by atoms with E-state index in [2.05, 4.69) is 4.98 Å². The first-order valence-electron chi connectivity index (χ1n) is 7.93. The van der Waals surface area contributed by atoms with Gasteiger partial charge in [-0.05, 0) is 25.5 Å². The van der Waals surface area contributed by atoms with Gasteiger partial charge in [0.25, 0.3) is 5.56 Å². The Morgan fingerprint density at radius 3 is 2.56 bits per heavy atom. The Morgan fingerprint density at radius 1 is 1.20 bits per heavy atom. The van der Waals surface area contributed by atoms with Crippen molar-refractivity contribution in [3.8, 4) is 5.75 Å². The number of benzene rings is 1. The highest BCUT2D eigenvalue weighted by Crippen LogP contribution is 2.35. The van der Waals surface area contributed by atoms with Gasteiger partial charge in [0.2, 0.25) is 8.38 Å². The fourth-order valence-corrected chi connectivity index (χ4v) is 3.19. The van der Waals surface area contributed by atoms with Crippen molar-refractivity contribution in [1.82, 2.24) is 9.55 Å². The van der Waals surface area contributed by atoms with E-state index in [1.165, 1.54) is 16.8 Å². The number of rotatable bonds is 9. The lowest BCUT2D eigenvalue weighted by molar-refractivity contribution is 0.0437. The largest absolute Gasteiger partial charge is 0.448 e. The van der Waals surface area contributed by atoms with Crippen molar-refractivity contribution in [3.05, 3.63) is 63.4 Å². The van der Waals surface area contributed by atoms with Crippen LogP contribution in [-0.2, 0) is 9.26 Å². The number of aromatic amines is 1. The van der Waals surface area contributed by atoms with Crippen LogP contribution in [-0.4, -0.2) is 36.0 Å². The molecule has 7 nitrogen and oxygen atoms in total. The normalized spacial score (nSPS) is 14.7. The van der Waals surface area contributed by atoms with E-state index in [1.54, 1.807) is 7.11 Å². The highest BCUT2D eigenvalue weighted by Gasteiger charge is 2.17. The van der Waals surface area contributed by atoms with E-state index >= 15 is 0 Å². The zero-order valence-electron chi connectivity index (χ0n) is 14.5. The first-order chi connectivity index (χ1) is 12.0. The van der Waals surface area contributed by atoms with Crippen LogP contribution in [0, 0.1) is 0 Å². The number of methoxy groups -OCH3 is 1. The van der Waals surface area contributed by atoms with E-state index in [0.717, 1.165) is 5.75 Å². The Hall–Kier alpha value is -1.95. The van der Waals surface area contributed by atoms with Gasteiger partial charge in [0, 0.05) is 32.1 Å². The molecular weight excluding hydrogens is 343 g/mol. The smallest absolute Gasteiger partial charge is 0.328 e. The lowest BCUT2D eigenvalue weighted by Crippen LogP contribution is -2.32. The van der Waals surface area contributed by atoms with Crippen LogP contribution in [0.2, 0.25) is 0 Å². The third-order valence-corrected chi connectivity index (χ3v) is 4.66. The molecule has 3 atom stereocenters. The van der Waals surface area contributed by atoms with E-state index in [9.17, 15) is 9.59 Å². The standard InChI is InChI=1S/C17H23N2O5P/c1-13(19-10-9-16(20)18-17(19)21)11-15(22-2)12-23-25(3)24-14-7-5-4-6-8-14/h4-10,13,15H,11-12H2,1-3H3,(H,18,20,21)/t13-,15-,25?/m0/s1. The van der Waals surface area contributed by atoms with Gasteiger partial charge in [-0.15, -0.1) is 0 Å². The van der Waals surface area contributed by atoms with E-state index in [-0.39, 0.29) is 12.1 Å². The summed E-state index contributed by atoms with van der Waals surface area (Å²) in [4.78, 5) is 25.2. The molecule has 0 saturated carbocycles. The van der Waals surface area contributed by atoms with Crippen molar-refractivity contribution in [2.75, 3.05) is 20.4 Å². The highest BCUT2D eigenvalue weighted by molar-refractivity contribution is 7.46. The minimum Gasteiger partial charge on any atom is -0.448 e. The third kappa shape index (κ3) is 6.12. The first kappa shape index (κ1) is 19.4. The molecule has 0 aliphatic carbocycles. The number of H-pyrrole nitrogens is 1. The summed E-state index contributed by atoms with van der Waals surface area (Å²) in [6.45, 7) is 4.12. The molecule has 0 radical (unpaired) electrons. The lowest BCUT2D eigenvalue weighted by Gasteiger charge is -2.22. The maximum Gasteiger partial charge on any atom is 0.328 e. The van der Waals surface area contributed by atoms with Gasteiger partial charge in [0.05, 0.1) is 12.7 Å². The summed E-state index contributed by atoms with van der Waals surface area (Å²) in [5.74, 6) is 0.762. The van der Waals surface area contributed by atoms with Gasteiger partial charge >= 0.3 is 5.69 Å². The molecule has 0 amide bonds. The molecule has 0 bridgehead atoms. The molecule has 1 aromatic heterocycles. The van der Waals surface area contributed by atoms with Crippen molar-refractivity contribution in [3.63, 3.8) is 0 Å². The van der Waals surface area contributed by atoms with Gasteiger partial charge in [-0.2, -0.15) is 0 Å². The molecule has 2 rings (SSSR count). The lowest BCUT2D eigenvalue weighted by atomic mass is 10.1. The molecule has 0 saturated heterocycles. The second-order valence-corrected chi connectivity index (χ2v) is 6.92. The average molecular weight is 366 g/mol. The van der Waals surface area contributed by atoms with Crippen molar-refractivity contribution in [2.24, 2.45) is 0 Å². The topological polar surface area (TPSA) is 82.6 Å². The molecule has 0 fully saturated rings. The van der Waals surface area contributed by atoms with E-state index in [0.29, 0.717) is 13.0 Å². The second kappa shape index (κ2) is 9.51. The van der Waals surface area contributed by atoms with Gasteiger partial charge in [0.15, 0.2) is 0 Å². The molecule has 136 valence electrons. The molecule has 8 heteroatoms. The maximum atomic E-state index is 11.8. The van der Waals surface area contributed by atoms with E-state index in [1.807, 2.05) is 43.9 Å². The van der Waals surface area contributed by atoms with Gasteiger partial charge in [-0.3, -0.25) is 14.3 Å². The monoisotopic (exact) mass is 366 g/mol. The SMILES string of the molecule is CO[C@H](COP(C)Oc1ccccc1)C[C@H](C)n1ccc(=O)[nH]c1=O. The van der Waals surface area contributed by atoms with Crippen LogP contribution >= 0.6 is 8.38 Å². The van der Waals surface area contributed by atoms with Crippen molar-refractivity contribution < 1.29 is 13.8 Å². The molecule has 1 heterocycles. The zero-order valence-corrected chi connectivity index (χ0v) is 15.4. The molecule has 2 aromatic rings. The number of para-hydroxylation sites is 1. The molecule has 0 aliphatic heterocycles. The Bertz CT molecular complexity index is 761. The van der Waals surface area contributed by atoms with Crippen LogP contribution in [0.15, 0.2) is 52.2 Å². The highest BCUT2D eigenvalue weighted by atomic mass is 31.2. The number of aromatic nitrogens is 2. The summed E-state index contributed by atoms with van der Waals surface area (Å²) in [5, 5.41) is 0. The summed E-state index contributed by atoms with van der Waals surface area (Å²) < 4.78 is 18.4. The predicted molar refractivity (Wildman–Crippen MR) is 97.3 cm³/mol. The Morgan fingerprint density at radius 2 is 1.92 bits per heavy atom. The quantitative estimate of drug-likeness (QED) is 0.690. The Balaban J connectivity index is 1.87. The predicted octanol–water partition coefficient (Wildman–Crippen LogP) is 2.54. The van der Waals surface area contributed by atoms with E-state index in [4.69, 9.17) is 13.8 Å². The van der Waals surface area contributed by atoms with Gasteiger partial charge < -0.3 is 13.8 Å². The van der Waals surface area contributed by atoms with Crippen LogP contribution < -0.4 is 15.8 Å². The Labute approximate surface area is 147 Å². The molecular formula is C17H23N2O5P. The van der Waals surface area contributed by atoms with Crippen LogP contribution in [0.25, 0.3) is 0 Å². The minimum absolute atomic E-state index is 0.143. The van der Waals surface area contributed by atoms with Crippen molar-refractivity contribution >= 4 is 8.38 Å². The summed E-state index contributed by atoms with van der Waals surface area (Å²) >= 11 is 0. The van der Waals surface area contributed by atoms with Gasteiger partial charge in [-0.25, -0.2) is 4.79 Å². The van der Waals surface area contributed by atoms with Crippen molar-refractivity contribution in [2.45, 2.75) is 25.5 Å². The number of hydrogen-bond donors (Lipinski definition) is 1. The average Bonchev–Trinajstić information content (AvgIpc) is 2.59. The van der Waals surface area contributed by atoms with Gasteiger partial charge in [0.1, 0.15) is 5.75 Å². The number of ether oxygens (including phenoxy) is 1. The molecule has 1 aromatic carbocycles. The summed E-state index contributed by atoms with van der Waals surface area (Å²) in [6.07, 6.45) is 1.86. The van der Waals surface area contributed by atoms with Crippen LogP contribution in [0.1, 0.15) is 19.4 Å². The van der Waals surface area contributed by atoms with Crippen molar-refractivity contribution in [1.29, 1.82) is 0 Å². The van der Waals surface area contributed by atoms with Gasteiger partial charge in [-0.1, -0.05) is 18.2 Å². The number of nitrogens with zero attached hydrogens (tertiary/aromatic N) is 1. The zero-order chi connectivity index (χ0) is 18.2. The summed E-state index contributed by atoms with van der Waals surface area (Å²) in [5.41, 5.74) is -0.837. The molecule has 25 heavy (non-hydrogen) atoms. The second-order valence-electron chi connectivity index (χ2n) is 5.60. The first-order valence-corrected chi connectivity index (χ1v) is 9.56. The van der Waals surface area contributed by atoms with Crippen LogP contribution in [0.4, 0.5) is 0 Å². The Kier molecular flexibility index (Phi) is 7.37. The van der Waals surface area contributed by atoms with Crippen LogP contribution in [0.5, 0.6) is 5.75 Å². The fourth-order valence-electron chi connectivity index (χ4n) is 2.34. The summed E-state index contributed by atoms with van der Waals surface area (Å²) in [6, 6.07) is 10.7. The molecule has 1 N–H and O–H groups in total. The van der Waals surface area contributed by atoms with E-state index < -0.39 is 19.6 Å². The maximum absolute atomic E-state index is 11.8. The number of nitrogens with one attached hydrogen (secondary N) is 1. The molecule has 0 aliphatic rings. The molecule has 1 unspecified atom stereocenters.